The molecule has 3 aromatic rings. The number of phenolic OH excluding ortho intramolecular Hbond substituents is 1. The van der Waals surface area contributed by atoms with E-state index in [1.165, 1.54) is 35.0 Å². The van der Waals surface area contributed by atoms with E-state index in [9.17, 15) is 27.9 Å². The highest BCUT2D eigenvalue weighted by Gasteiger charge is 2.31. The summed E-state index contributed by atoms with van der Waals surface area (Å²) in [5.74, 6) is -0.676. The van der Waals surface area contributed by atoms with Gasteiger partial charge in [0.05, 0.1) is 17.0 Å². The Hall–Kier alpha value is -3.82. The predicted octanol–water partition coefficient (Wildman–Crippen LogP) is 6.54. The molecular weight excluding hydrogens is 485 g/mol. The van der Waals surface area contributed by atoms with Gasteiger partial charge in [-0.2, -0.15) is 23.0 Å². The summed E-state index contributed by atoms with van der Waals surface area (Å²) in [6, 6.07) is 9.81. The lowest BCUT2D eigenvalue weighted by Crippen LogP contribution is -2.37. The van der Waals surface area contributed by atoms with E-state index in [-0.39, 0.29) is 40.6 Å². The zero-order chi connectivity index (χ0) is 26.7. The van der Waals surface area contributed by atoms with Crippen LogP contribution in [0.4, 0.5) is 23.7 Å². The minimum absolute atomic E-state index is 0.0423. The number of halogens is 3. The van der Waals surface area contributed by atoms with E-state index in [0.717, 1.165) is 49.9 Å². The number of hydrogen-bond acceptors (Lipinski definition) is 4. The Bertz CT molecular complexity index is 1300. The maximum Gasteiger partial charge on any atom is 0.416 e. The van der Waals surface area contributed by atoms with E-state index in [2.05, 4.69) is 15.7 Å². The van der Waals surface area contributed by atoms with Crippen molar-refractivity contribution in [2.24, 2.45) is 0 Å². The number of carbonyl (C=O) groups is 2. The number of aromatic hydroxyl groups is 1. The number of nitrogens with one attached hydrogen (secondary N) is 2. The molecule has 1 saturated carbocycles. The molecule has 2 aromatic carbocycles. The third kappa shape index (κ3) is 5.95. The van der Waals surface area contributed by atoms with Crippen molar-refractivity contribution < 1.29 is 27.9 Å². The van der Waals surface area contributed by atoms with Gasteiger partial charge in [-0.15, -0.1) is 0 Å². The smallest absolute Gasteiger partial charge is 0.416 e. The van der Waals surface area contributed by atoms with Gasteiger partial charge in [0.1, 0.15) is 5.75 Å². The van der Waals surface area contributed by atoms with Gasteiger partial charge in [-0.3, -0.25) is 4.79 Å². The molecule has 0 saturated heterocycles. The molecule has 1 aromatic heterocycles. The van der Waals surface area contributed by atoms with Crippen molar-refractivity contribution in [2.75, 3.05) is 5.32 Å². The zero-order valence-corrected chi connectivity index (χ0v) is 20.6. The SMILES string of the molecule is CCC(C)NC(=O)n1nc(-c2cc(NC(=O)c3cccc(C(F)(F)F)c3)ccc2O)cc1C1CCCC1. The van der Waals surface area contributed by atoms with E-state index in [1.54, 1.807) is 6.07 Å². The first kappa shape index (κ1) is 26.2. The molecule has 1 aliphatic carbocycles. The number of benzene rings is 2. The number of carbonyl (C=O) groups excluding carboxylic acids is 2. The van der Waals surface area contributed by atoms with Crippen LogP contribution < -0.4 is 10.6 Å². The fourth-order valence-electron chi connectivity index (χ4n) is 4.44. The van der Waals surface area contributed by atoms with Crippen LogP contribution in [0.15, 0.2) is 48.5 Å². The summed E-state index contributed by atoms with van der Waals surface area (Å²) < 4.78 is 40.5. The monoisotopic (exact) mass is 514 g/mol. The second kappa shape index (κ2) is 10.7. The summed E-state index contributed by atoms with van der Waals surface area (Å²) >= 11 is 0. The van der Waals surface area contributed by atoms with E-state index < -0.39 is 17.6 Å². The molecule has 2 amide bonds. The predicted molar refractivity (Wildman–Crippen MR) is 134 cm³/mol. The third-order valence-corrected chi connectivity index (χ3v) is 6.67. The van der Waals surface area contributed by atoms with E-state index in [0.29, 0.717) is 5.69 Å². The molecule has 1 fully saturated rings. The van der Waals surface area contributed by atoms with Crippen LogP contribution in [0.2, 0.25) is 0 Å². The van der Waals surface area contributed by atoms with Crippen molar-refractivity contribution in [1.82, 2.24) is 15.1 Å². The molecule has 0 bridgehead atoms. The molecule has 196 valence electrons. The second-order valence-corrected chi connectivity index (χ2v) is 9.37. The van der Waals surface area contributed by atoms with Gasteiger partial charge < -0.3 is 15.7 Å². The number of anilines is 1. The fourth-order valence-corrected chi connectivity index (χ4v) is 4.44. The van der Waals surface area contributed by atoms with Crippen LogP contribution in [0.25, 0.3) is 11.3 Å². The molecule has 1 aliphatic rings. The average molecular weight is 515 g/mol. The van der Waals surface area contributed by atoms with Gasteiger partial charge in [-0.1, -0.05) is 25.8 Å². The summed E-state index contributed by atoms with van der Waals surface area (Å²) in [6.07, 6.45) is 0.161. The van der Waals surface area contributed by atoms with Crippen molar-refractivity contribution >= 4 is 17.6 Å². The van der Waals surface area contributed by atoms with E-state index in [4.69, 9.17) is 0 Å². The van der Waals surface area contributed by atoms with Crippen molar-refractivity contribution in [1.29, 1.82) is 0 Å². The molecule has 7 nitrogen and oxygen atoms in total. The first-order chi connectivity index (χ1) is 17.6. The van der Waals surface area contributed by atoms with Crippen molar-refractivity contribution in [3.8, 4) is 17.0 Å². The van der Waals surface area contributed by atoms with Crippen LogP contribution in [-0.4, -0.2) is 32.9 Å². The first-order valence-corrected chi connectivity index (χ1v) is 12.3. The Morgan fingerprint density at radius 1 is 1.14 bits per heavy atom. The molecule has 4 rings (SSSR count). The lowest BCUT2D eigenvalue weighted by atomic mass is 10.0. The van der Waals surface area contributed by atoms with Crippen molar-refractivity contribution in [2.45, 2.75) is 64.1 Å². The summed E-state index contributed by atoms with van der Waals surface area (Å²) in [5.41, 5.74) is 0.582. The van der Waals surface area contributed by atoms with Gasteiger partial charge in [0.25, 0.3) is 5.91 Å². The number of rotatable bonds is 6. The molecule has 0 radical (unpaired) electrons. The number of nitrogens with zero attached hydrogens (tertiary/aromatic N) is 2. The Labute approximate surface area is 212 Å². The Kier molecular flexibility index (Phi) is 7.56. The van der Waals surface area contributed by atoms with Crippen LogP contribution in [0.5, 0.6) is 5.75 Å². The van der Waals surface area contributed by atoms with E-state index in [1.807, 2.05) is 13.8 Å². The number of phenols is 1. The number of hydrogen-bond donors (Lipinski definition) is 3. The molecule has 10 heteroatoms. The molecule has 3 N–H and O–H groups in total. The molecule has 0 aliphatic heterocycles. The Balaban J connectivity index is 1.64. The standard InChI is InChI=1S/C27H29F3N4O3/c1-3-16(2)31-26(37)34-23(17-7-4-5-8-17)15-22(33-34)21-14-20(11-12-24(21)35)32-25(36)18-9-6-10-19(13-18)27(28,29)30/h6,9-17,35H,3-5,7-8H2,1-2H3,(H,31,37)(H,32,36). The van der Waals surface area contributed by atoms with E-state index >= 15 is 0 Å². The van der Waals surface area contributed by atoms with Crippen LogP contribution >= 0.6 is 0 Å². The third-order valence-electron chi connectivity index (χ3n) is 6.67. The van der Waals surface area contributed by atoms with Gasteiger partial charge in [0, 0.05) is 28.8 Å². The summed E-state index contributed by atoms with van der Waals surface area (Å²) in [7, 11) is 0. The van der Waals surface area contributed by atoms with Crippen LogP contribution in [0, 0.1) is 0 Å². The highest BCUT2D eigenvalue weighted by molar-refractivity contribution is 6.04. The average Bonchev–Trinajstić information content (AvgIpc) is 3.55. The summed E-state index contributed by atoms with van der Waals surface area (Å²) in [5, 5.41) is 20.6. The molecule has 0 spiro atoms. The highest BCUT2D eigenvalue weighted by Crippen LogP contribution is 2.38. The lowest BCUT2D eigenvalue weighted by molar-refractivity contribution is -0.137. The van der Waals surface area contributed by atoms with Gasteiger partial charge in [-0.25, -0.2) is 4.79 Å². The van der Waals surface area contributed by atoms with Crippen LogP contribution in [0.1, 0.15) is 73.5 Å². The maximum atomic E-state index is 13.0. The number of alkyl halides is 3. The summed E-state index contributed by atoms with van der Waals surface area (Å²) in [6.45, 7) is 3.87. The second-order valence-electron chi connectivity index (χ2n) is 9.37. The minimum Gasteiger partial charge on any atom is -0.507 e. The molecule has 1 heterocycles. The Morgan fingerprint density at radius 3 is 2.54 bits per heavy atom. The van der Waals surface area contributed by atoms with Gasteiger partial charge in [0.2, 0.25) is 0 Å². The Morgan fingerprint density at radius 2 is 1.86 bits per heavy atom. The van der Waals surface area contributed by atoms with Crippen molar-refractivity contribution in [3.63, 3.8) is 0 Å². The topological polar surface area (TPSA) is 96.3 Å². The maximum absolute atomic E-state index is 13.0. The quantitative estimate of drug-likeness (QED) is 0.326. The molecular formula is C27H29F3N4O3. The zero-order valence-electron chi connectivity index (χ0n) is 20.6. The van der Waals surface area contributed by atoms with Crippen LogP contribution in [-0.2, 0) is 6.18 Å². The normalized spacial score (nSPS) is 14.9. The largest absolute Gasteiger partial charge is 0.507 e. The van der Waals surface area contributed by atoms with Gasteiger partial charge in [0.15, 0.2) is 0 Å². The van der Waals surface area contributed by atoms with Crippen molar-refractivity contribution in [3.05, 3.63) is 65.4 Å². The number of amides is 2. The van der Waals surface area contributed by atoms with Crippen LogP contribution in [0.3, 0.4) is 0 Å². The van der Waals surface area contributed by atoms with Gasteiger partial charge in [-0.05, 0) is 68.7 Å². The molecule has 1 atom stereocenters. The first-order valence-electron chi connectivity index (χ1n) is 12.3. The minimum atomic E-state index is -4.57. The highest BCUT2D eigenvalue weighted by atomic mass is 19.4. The lowest BCUT2D eigenvalue weighted by Gasteiger charge is -2.15. The van der Waals surface area contributed by atoms with Gasteiger partial charge >= 0.3 is 12.2 Å². The number of aromatic nitrogens is 2. The summed E-state index contributed by atoms with van der Waals surface area (Å²) in [4.78, 5) is 25.6. The fraction of sp³-hybridized carbons (Fsp3) is 0.370. The molecule has 1 unspecified atom stereocenters. The molecule has 37 heavy (non-hydrogen) atoms.